The molecule has 0 saturated carbocycles. The highest BCUT2D eigenvalue weighted by Crippen LogP contribution is 2.26. The third-order valence-electron chi connectivity index (χ3n) is 1.89. The number of hydrogen-bond acceptors (Lipinski definition) is 3. The maximum atomic E-state index is 5.69. The summed E-state index contributed by atoms with van der Waals surface area (Å²) in [5.74, 6) is 0.777. The van der Waals surface area contributed by atoms with Gasteiger partial charge in [-0.25, -0.2) is 0 Å². The van der Waals surface area contributed by atoms with Crippen LogP contribution < -0.4 is 10.5 Å². The van der Waals surface area contributed by atoms with E-state index in [9.17, 15) is 0 Å². The zero-order chi connectivity index (χ0) is 9.80. The summed E-state index contributed by atoms with van der Waals surface area (Å²) in [6, 6.07) is 10.0. The van der Waals surface area contributed by atoms with Gasteiger partial charge in [0.2, 0.25) is 0 Å². The molecule has 1 aromatic heterocycles. The van der Waals surface area contributed by atoms with E-state index in [0.29, 0.717) is 12.3 Å². The minimum atomic E-state index is 0.571. The van der Waals surface area contributed by atoms with E-state index in [0.717, 1.165) is 11.3 Å². The fourth-order valence-electron chi connectivity index (χ4n) is 1.15. The van der Waals surface area contributed by atoms with Gasteiger partial charge in [-0.3, -0.25) is 0 Å². The van der Waals surface area contributed by atoms with Crippen LogP contribution in [0.25, 0.3) is 0 Å². The second-order valence-electron chi connectivity index (χ2n) is 2.97. The van der Waals surface area contributed by atoms with E-state index < -0.39 is 0 Å². The largest absolute Gasteiger partial charge is 0.486 e. The zero-order valence-electron chi connectivity index (χ0n) is 7.64. The lowest BCUT2D eigenvalue weighted by Crippen LogP contribution is -1.96. The summed E-state index contributed by atoms with van der Waals surface area (Å²) in [6.45, 7) is 0.571. The van der Waals surface area contributed by atoms with Gasteiger partial charge in [0.05, 0.1) is 5.69 Å². The Balaban J connectivity index is 1.99. The molecule has 0 saturated heterocycles. The van der Waals surface area contributed by atoms with Crippen LogP contribution in [-0.2, 0) is 6.61 Å². The molecule has 1 heterocycles. The summed E-state index contributed by atoms with van der Waals surface area (Å²) in [5, 5.41) is 3.79. The van der Waals surface area contributed by atoms with Crippen molar-refractivity contribution in [3.8, 4) is 5.75 Å². The van der Waals surface area contributed by atoms with Crippen molar-refractivity contribution in [2.75, 3.05) is 5.73 Å². The number of ether oxygens (including phenoxy) is 1. The lowest BCUT2D eigenvalue weighted by Gasteiger charge is -2.04. The van der Waals surface area contributed by atoms with Gasteiger partial charge in [-0.05, 0) is 5.56 Å². The van der Waals surface area contributed by atoms with Crippen molar-refractivity contribution in [2.24, 2.45) is 0 Å². The molecular formula is C11H11NOS. The van der Waals surface area contributed by atoms with Crippen molar-refractivity contribution in [1.82, 2.24) is 0 Å². The topological polar surface area (TPSA) is 35.2 Å². The van der Waals surface area contributed by atoms with Crippen LogP contribution >= 0.6 is 11.3 Å². The van der Waals surface area contributed by atoms with Gasteiger partial charge in [0, 0.05) is 10.8 Å². The van der Waals surface area contributed by atoms with E-state index in [4.69, 9.17) is 10.5 Å². The first kappa shape index (κ1) is 9.09. The molecule has 0 aliphatic carbocycles. The Kier molecular flexibility index (Phi) is 2.70. The van der Waals surface area contributed by atoms with E-state index in [1.165, 1.54) is 0 Å². The van der Waals surface area contributed by atoms with Gasteiger partial charge in [-0.1, -0.05) is 30.3 Å². The SMILES string of the molecule is Nc1cscc1OCc1ccccc1. The predicted molar refractivity (Wildman–Crippen MR) is 59.5 cm³/mol. The molecule has 72 valence electrons. The summed E-state index contributed by atoms with van der Waals surface area (Å²) in [6.07, 6.45) is 0. The number of nitrogens with two attached hydrogens (primary N) is 1. The standard InChI is InChI=1S/C11H11NOS/c12-10-7-14-8-11(10)13-6-9-4-2-1-3-5-9/h1-5,7-8H,6,12H2. The van der Waals surface area contributed by atoms with Gasteiger partial charge in [0.1, 0.15) is 6.61 Å². The summed E-state index contributed by atoms with van der Waals surface area (Å²) >= 11 is 1.55. The molecule has 0 atom stereocenters. The normalized spacial score (nSPS) is 10.0. The Morgan fingerprint density at radius 2 is 1.93 bits per heavy atom. The van der Waals surface area contributed by atoms with Crippen LogP contribution in [0, 0.1) is 0 Å². The summed E-state index contributed by atoms with van der Waals surface area (Å²) < 4.78 is 5.55. The van der Waals surface area contributed by atoms with E-state index in [2.05, 4.69) is 0 Å². The van der Waals surface area contributed by atoms with E-state index in [1.807, 2.05) is 41.1 Å². The van der Waals surface area contributed by atoms with Crippen LogP contribution in [0.5, 0.6) is 5.75 Å². The molecule has 0 aliphatic rings. The Labute approximate surface area is 86.9 Å². The molecule has 1 aromatic carbocycles. The van der Waals surface area contributed by atoms with Crippen molar-refractivity contribution in [3.63, 3.8) is 0 Å². The van der Waals surface area contributed by atoms with Crippen LogP contribution in [0.4, 0.5) is 5.69 Å². The van der Waals surface area contributed by atoms with E-state index in [1.54, 1.807) is 11.3 Å². The summed E-state index contributed by atoms with van der Waals surface area (Å²) in [5.41, 5.74) is 7.55. The lowest BCUT2D eigenvalue weighted by atomic mass is 10.2. The van der Waals surface area contributed by atoms with Gasteiger partial charge in [0.15, 0.2) is 5.75 Å². The fraction of sp³-hybridized carbons (Fsp3) is 0.0909. The molecule has 0 spiro atoms. The van der Waals surface area contributed by atoms with Crippen molar-refractivity contribution < 1.29 is 4.74 Å². The number of anilines is 1. The molecule has 2 aromatic rings. The maximum Gasteiger partial charge on any atom is 0.153 e. The number of hydrogen-bond donors (Lipinski definition) is 1. The van der Waals surface area contributed by atoms with Gasteiger partial charge in [-0.15, -0.1) is 11.3 Å². The molecule has 2 N–H and O–H groups in total. The van der Waals surface area contributed by atoms with Crippen molar-refractivity contribution in [2.45, 2.75) is 6.61 Å². The van der Waals surface area contributed by atoms with Gasteiger partial charge in [-0.2, -0.15) is 0 Å². The second-order valence-corrected chi connectivity index (χ2v) is 3.71. The molecule has 2 rings (SSSR count). The fourth-order valence-corrected chi connectivity index (χ4v) is 1.81. The van der Waals surface area contributed by atoms with Gasteiger partial charge >= 0.3 is 0 Å². The molecular weight excluding hydrogens is 194 g/mol. The van der Waals surface area contributed by atoms with Crippen molar-refractivity contribution in [1.29, 1.82) is 0 Å². The Bertz CT molecular complexity index is 397. The first-order chi connectivity index (χ1) is 6.86. The molecule has 0 bridgehead atoms. The molecule has 0 aliphatic heterocycles. The molecule has 0 radical (unpaired) electrons. The zero-order valence-corrected chi connectivity index (χ0v) is 8.46. The van der Waals surface area contributed by atoms with Gasteiger partial charge < -0.3 is 10.5 Å². The first-order valence-electron chi connectivity index (χ1n) is 4.34. The average molecular weight is 205 g/mol. The lowest BCUT2D eigenvalue weighted by molar-refractivity contribution is 0.309. The van der Waals surface area contributed by atoms with Crippen LogP contribution in [0.3, 0.4) is 0 Å². The van der Waals surface area contributed by atoms with Crippen molar-refractivity contribution >= 4 is 17.0 Å². The van der Waals surface area contributed by atoms with Crippen LogP contribution in [0.1, 0.15) is 5.56 Å². The third-order valence-corrected chi connectivity index (χ3v) is 2.63. The molecule has 0 fully saturated rings. The highest BCUT2D eigenvalue weighted by atomic mass is 32.1. The molecule has 3 heteroatoms. The van der Waals surface area contributed by atoms with Crippen LogP contribution in [-0.4, -0.2) is 0 Å². The summed E-state index contributed by atoms with van der Waals surface area (Å²) in [4.78, 5) is 0. The Morgan fingerprint density at radius 1 is 1.14 bits per heavy atom. The number of rotatable bonds is 3. The summed E-state index contributed by atoms with van der Waals surface area (Å²) in [7, 11) is 0. The van der Waals surface area contributed by atoms with E-state index >= 15 is 0 Å². The molecule has 14 heavy (non-hydrogen) atoms. The van der Waals surface area contributed by atoms with Crippen molar-refractivity contribution in [3.05, 3.63) is 46.7 Å². The monoisotopic (exact) mass is 205 g/mol. The predicted octanol–water partition coefficient (Wildman–Crippen LogP) is 2.91. The van der Waals surface area contributed by atoms with Gasteiger partial charge in [0.25, 0.3) is 0 Å². The highest BCUT2D eigenvalue weighted by Gasteiger charge is 2.00. The Morgan fingerprint density at radius 3 is 2.57 bits per heavy atom. The minimum Gasteiger partial charge on any atom is -0.486 e. The highest BCUT2D eigenvalue weighted by molar-refractivity contribution is 7.08. The van der Waals surface area contributed by atoms with E-state index in [-0.39, 0.29) is 0 Å². The average Bonchev–Trinajstić information content (AvgIpc) is 2.63. The Hall–Kier alpha value is -1.48. The molecule has 2 nitrogen and oxygen atoms in total. The number of thiophene rings is 1. The van der Waals surface area contributed by atoms with Crippen LogP contribution in [0.15, 0.2) is 41.1 Å². The number of nitrogen functional groups attached to an aromatic ring is 1. The first-order valence-corrected chi connectivity index (χ1v) is 5.29. The maximum absolute atomic E-state index is 5.69. The second kappa shape index (κ2) is 4.15. The molecule has 0 amide bonds. The van der Waals surface area contributed by atoms with Crippen LogP contribution in [0.2, 0.25) is 0 Å². The smallest absolute Gasteiger partial charge is 0.153 e. The quantitative estimate of drug-likeness (QED) is 0.836. The third kappa shape index (κ3) is 2.06. The molecule has 0 unspecified atom stereocenters. The minimum absolute atomic E-state index is 0.571. The number of benzene rings is 1.